The maximum Gasteiger partial charge on any atom is 0.243 e. The van der Waals surface area contributed by atoms with E-state index in [1.54, 1.807) is 16.4 Å². The fourth-order valence-electron chi connectivity index (χ4n) is 6.43. The number of hydrogen-bond donors (Lipinski definition) is 0. The van der Waals surface area contributed by atoms with Gasteiger partial charge in [0, 0.05) is 30.2 Å². The Hall–Kier alpha value is -4.15. The summed E-state index contributed by atoms with van der Waals surface area (Å²) in [5, 5.41) is 5.97. The van der Waals surface area contributed by atoms with E-state index >= 15 is 0 Å². The van der Waals surface area contributed by atoms with Gasteiger partial charge in [0.15, 0.2) is 0 Å². The zero-order valence-electron chi connectivity index (χ0n) is 25.0. The molecule has 2 heterocycles. The van der Waals surface area contributed by atoms with Gasteiger partial charge in [-0.05, 0) is 90.4 Å². The Labute approximate surface area is 260 Å². The molecule has 4 nitrogen and oxygen atoms in total. The van der Waals surface area contributed by atoms with Crippen LogP contribution in [0.5, 0.6) is 0 Å². The lowest BCUT2D eigenvalue weighted by atomic mass is 9.91. The molecule has 0 bridgehead atoms. The first-order chi connectivity index (χ1) is 21.3. The molecule has 0 atom stereocenters. The quantitative estimate of drug-likeness (QED) is 0.186. The van der Waals surface area contributed by atoms with E-state index in [9.17, 15) is 8.42 Å². The predicted molar refractivity (Wildman–Crippen MR) is 183 cm³/mol. The molecule has 0 amide bonds. The lowest BCUT2D eigenvalue weighted by Gasteiger charge is -2.28. The van der Waals surface area contributed by atoms with Gasteiger partial charge in [0.2, 0.25) is 10.0 Å². The molecule has 6 heteroatoms. The summed E-state index contributed by atoms with van der Waals surface area (Å²) in [6.07, 6.45) is 1.89. The van der Waals surface area contributed by atoms with Crippen LogP contribution >= 0.6 is 7.92 Å². The average Bonchev–Trinajstić information content (AvgIpc) is 3.52. The molecule has 1 aromatic heterocycles. The summed E-state index contributed by atoms with van der Waals surface area (Å²) in [5.41, 5.74) is 7.54. The molecule has 6 aromatic rings. The number of hydrogen-bond acceptors (Lipinski definition) is 3. The Morgan fingerprint density at radius 2 is 1.23 bits per heavy atom. The van der Waals surface area contributed by atoms with E-state index in [4.69, 9.17) is 4.98 Å². The van der Waals surface area contributed by atoms with Crippen LogP contribution in [0.3, 0.4) is 0 Å². The third kappa shape index (κ3) is 4.86. The molecule has 0 spiro atoms. The molecule has 0 unspecified atom stereocenters. The number of aryl methyl sites for hydroxylation is 1. The summed E-state index contributed by atoms with van der Waals surface area (Å²) in [5.74, 6) is 0. The monoisotopic (exact) mass is 612 g/mol. The highest BCUT2D eigenvalue weighted by molar-refractivity contribution is 7.89. The van der Waals surface area contributed by atoms with Crippen molar-refractivity contribution < 1.29 is 8.42 Å². The molecule has 5 aromatic carbocycles. The Morgan fingerprint density at radius 1 is 0.659 bits per heavy atom. The van der Waals surface area contributed by atoms with Gasteiger partial charge in [-0.3, -0.25) is 4.98 Å². The largest absolute Gasteiger partial charge is 0.256 e. The van der Waals surface area contributed by atoms with Crippen LogP contribution in [0.4, 0.5) is 0 Å². The van der Waals surface area contributed by atoms with Crippen molar-refractivity contribution in [1.82, 2.24) is 9.29 Å². The third-order valence-electron chi connectivity index (χ3n) is 8.73. The maximum absolute atomic E-state index is 13.9. The zero-order valence-corrected chi connectivity index (χ0v) is 26.7. The molecule has 0 fully saturated rings. The first-order valence-corrected chi connectivity index (χ1v) is 17.6. The first kappa shape index (κ1) is 28.6. The van der Waals surface area contributed by atoms with Crippen molar-refractivity contribution in [3.05, 3.63) is 149 Å². The minimum absolute atomic E-state index is 0.332. The van der Waals surface area contributed by atoms with Crippen molar-refractivity contribution in [2.24, 2.45) is 0 Å². The minimum atomic E-state index is -3.68. The Bertz CT molecular complexity index is 2070. The second-order valence-electron chi connectivity index (χ2n) is 11.4. The molecule has 0 aliphatic carbocycles. The van der Waals surface area contributed by atoms with Crippen molar-refractivity contribution in [1.29, 1.82) is 0 Å². The number of aromatic nitrogens is 1. The summed E-state index contributed by atoms with van der Waals surface area (Å²) in [6, 6.07) is 39.0. The van der Waals surface area contributed by atoms with Crippen molar-refractivity contribution in [3.63, 3.8) is 0 Å². The van der Waals surface area contributed by atoms with E-state index < -0.39 is 17.9 Å². The molecule has 0 N–H and O–H groups in total. The van der Waals surface area contributed by atoms with Gasteiger partial charge in [-0.2, -0.15) is 4.31 Å². The highest BCUT2D eigenvalue weighted by Gasteiger charge is 2.36. The molecule has 0 saturated carbocycles. The van der Waals surface area contributed by atoms with Crippen LogP contribution in [0.15, 0.2) is 126 Å². The van der Waals surface area contributed by atoms with E-state index in [1.807, 2.05) is 25.3 Å². The fraction of sp³-hybridized carbons (Fsp3) is 0.132. The first-order valence-electron chi connectivity index (χ1n) is 14.8. The predicted octanol–water partition coefficient (Wildman–Crippen LogP) is 7.29. The molecule has 44 heavy (non-hydrogen) atoms. The van der Waals surface area contributed by atoms with Crippen molar-refractivity contribution in [2.75, 3.05) is 0 Å². The van der Waals surface area contributed by atoms with E-state index in [0.29, 0.717) is 18.0 Å². The van der Waals surface area contributed by atoms with Gasteiger partial charge in [0.1, 0.15) is 0 Å². The summed E-state index contributed by atoms with van der Waals surface area (Å²) in [7, 11) is -4.67. The van der Waals surface area contributed by atoms with Crippen LogP contribution < -0.4 is 15.9 Å². The molecule has 0 saturated heterocycles. The lowest BCUT2D eigenvalue weighted by Crippen LogP contribution is -2.27. The van der Waals surface area contributed by atoms with E-state index in [0.717, 1.165) is 49.8 Å². The summed E-state index contributed by atoms with van der Waals surface area (Å²) in [6.45, 7) is 7.00. The number of pyridine rings is 1. The van der Waals surface area contributed by atoms with Crippen LogP contribution in [-0.4, -0.2) is 17.7 Å². The Balaban J connectivity index is 1.51. The SMILES string of the molecule is Cc1ccc(S(=O)(=O)N2Cc3c(C)c(-c4nccc5ccccc45)c(P(c4ccccc4)c4ccccc4)c(C)c3C2)cc1. The van der Waals surface area contributed by atoms with Crippen LogP contribution in [0.2, 0.25) is 0 Å². The fourth-order valence-corrected chi connectivity index (χ4v) is 10.5. The van der Waals surface area contributed by atoms with Crippen LogP contribution in [0.1, 0.15) is 27.8 Å². The average molecular weight is 613 g/mol. The summed E-state index contributed by atoms with van der Waals surface area (Å²) >= 11 is 0. The molecule has 218 valence electrons. The molecular weight excluding hydrogens is 579 g/mol. The topological polar surface area (TPSA) is 50.3 Å². The third-order valence-corrected chi connectivity index (χ3v) is 13.2. The number of rotatable bonds is 6. The van der Waals surface area contributed by atoms with Gasteiger partial charge >= 0.3 is 0 Å². The lowest BCUT2D eigenvalue weighted by molar-refractivity contribution is 0.431. The van der Waals surface area contributed by atoms with Gasteiger partial charge in [-0.25, -0.2) is 8.42 Å². The van der Waals surface area contributed by atoms with Gasteiger partial charge < -0.3 is 0 Å². The number of fused-ring (bicyclic) bond motifs is 2. The minimum Gasteiger partial charge on any atom is -0.256 e. The summed E-state index contributed by atoms with van der Waals surface area (Å²) < 4.78 is 29.5. The number of sulfonamides is 1. The second kappa shape index (κ2) is 11.4. The number of benzene rings is 5. The van der Waals surface area contributed by atoms with Crippen LogP contribution in [0, 0.1) is 20.8 Å². The standard InChI is InChI=1S/C38H33N2O2PS/c1-26-18-20-32(21-19-26)44(41,42)40-24-34-27(2)36(37-33-17-11-10-12-29(33)22-23-39-37)38(28(3)35(34)25-40)43(30-13-6-4-7-14-30)31-15-8-5-9-16-31/h4-23H,24-25H2,1-3H3. The molecule has 1 aliphatic heterocycles. The smallest absolute Gasteiger partial charge is 0.243 e. The van der Waals surface area contributed by atoms with Gasteiger partial charge in [-0.1, -0.05) is 103 Å². The van der Waals surface area contributed by atoms with E-state index in [1.165, 1.54) is 15.9 Å². The van der Waals surface area contributed by atoms with Gasteiger partial charge in [-0.15, -0.1) is 0 Å². The summed E-state index contributed by atoms with van der Waals surface area (Å²) in [4.78, 5) is 5.37. The zero-order chi connectivity index (χ0) is 30.4. The van der Waals surface area contributed by atoms with Crippen molar-refractivity contribution in [3.8, 4) is 11.3 Å². The molecule has 0 radical (unpaired) electrons. The van der Waals surface area contributed by atoms with Gasteiger partial charge in [0.25, 0.3) is 0 Å². The van der Waals surface area contributed by atoms with Crippen LogP contribution in [0.25, 0.3) is 22.0 Å². The van der Waals surface area contributed by atoms with Crippen molar-refractivity contribution in [2.45, 2.75) is 38.8 Å². The second-order valence-corrected chi connectivity index (χ2v) is 15.5. The highest BCUT2D eigenvalue weighted by Crippen LogP contribution is 2.45. The normalized spacial score (nSPS) is 13.5. The Morgan fingerprint density at radius 3 is 1.86 bits per heavy atom. The Kier molecular flexibility index (Phi) is 7.42. The van der Waals surface area contributed by atoms with Gasteiger partial charge in [0.05, 0.1) is 10.6 Å². The molecule has 1 aliphatic rings. The molecule has 7 rings (SSSR count). The molecular formula is C38H33N2O2PS. The maximum atomic E-state index is 13.9. The van der Waals surface area contributed by atoms with E-state index in [2.05, 4.69) is 105 Å². The van der Waals surface area contributed by atoms with E-state index in [-0.39, 0.29) is 0 Å². The number of nitrogens with zero attached hydrogens (tertiary/aromatic N) is 2. The van der Waals surface area contributed by atoms with Crippen molar-refractivity contribution >= 4 is 44.6 Å². The van der Waals surface area contributed by atoms with Crippen LogP contribution in [-0.2, 0) is 23.1 Å². The highest BCUT2D eigenvalue weighted by atomic mass is 32.2.